The Morgan fingerprint density at radius 2 is 1.90 bits per heavy atom. The predicted molar refractivity (Wildman–Crippen MR) is 79.8 cm³/mol. The van der Waals surface area contributed by atoms with E-state index in [0.717, 1.165) is 30.3 Å². The molecule has 0 spiro atoms. The van der Waals surface area contributed by atoms with Crippen molar-refractivity contribution < 1.29 is 4.74 Å². The number of nitrogens with zero attached hydrogens (tertiary/aromatic N) is 3. The minimum Gasteiger partial charge on any atom is -0.378 e. The lowest BCUT2D eigenvalue weighted by Crippen LogP contribution is -2.36. The Labute approximate surface area is 122 Å². The van der Waals surface area contributed by atoms with E-state index in [4.69, 9.17) is 16.3 Å². The zero-order valence-corrected chi connectivity index (χ0v) is 11.7. The summed E-state index contributed by atoms with van der Waals surface area (Å²) in [7, 11) is 0. The van der Waals surface area contributed by atoms with Crippen LogP contribution in [0.25, 0.3) is 0 Å². The van der Waals surface area contributed by atoms with Crippen LogP contribution in [0.2, 0.25) is 5.28 Å². The molecule has 5 nitrogen and oxygen atoms in total. The zero-order valence-electron chi connectivity index (χ0n) is 10.9. The third-order valence-electron chi connectivity index (χ3n) is 3.13. The molecule has 20 heavy (non-hydrogen) atoms. The smallest absolute Gasteiger partial charge is 0.224 e. The summed E-state index contributed by atoms with van der Waals surface area (Å²) in [6, 6.07) is 9.89. The summed E-state index contributed by atoms with van der Waals surface area (Å²) in [5.41, 5.74) is 1.92. The number of halogens is 1. The van der Waals surface area contributed by atoms with E-state index in [1.54, 1.807) is 6.20 Å². The van der Waals surface area contributed by atoms with E-state index in [-0.39, 0.29) is 5.28 Å². The number of hydrogen-bond acceptors (Lipinski definition) is 5. The lowest BCUT2D eigenvalue weighted by atomic mass is 10.3. The second-order valence-corrected chi connectivity index (χ2v) is 4.80. The van der Waals surface area contributed by atoms with Gasteiger partial charge in [0.2, 0.25) is 5.28 Å². The average Bonchev–Trinajstić information content (AvgIpc) is 2.49. The van der Waals surface area contributed by atoms with Crippen molar-refractivity contribution in [3.05, 3.63) is 41.8 Å². The molecule has 0 saturated carbocycles. The maximum Gasteiger partial charge on any atom is 0.224 e. The van der Waals surface area contributed by atoms with E-state index in [1.807, 2.05) is 30.3 Å². The van der Waals surface area contributed by atoms with Gasteiger partial charge in [-0.3, -0.25) is 0 Å². The summed E-state index contributed by atoms with van der Waals surface area (Å²) < 4.78 is 5.37. The van der Waals surface area contributed by atoms with Gasteiger partial charge >= 0.3 is 0 Å². The molecular weight excluding hydrogens is 276 g/mol. The predicted octanol–water partition coefficient (Wildman–Crippen LogP) is 2.71. The van der Waals surface area contributed by atoms with Crippen molar-refractivity contribution in [2.45, 2.75) is 0 Å². The molecule has 2 heterocycles. The molecule has 1 aliphatic rings. The molecule has 104 valence electrons. The fourth-order valence-electron chi connectivity index (χ4n) is 2.14. The molecule has 0 aliphatic carbocycles. The van der Waals surface area contributed by atoms with Crippen molar-refractivity contribution >= 4 is 28.8 Å². The molecule has 2 aromatic rings. The molecule has 1 saturated heterocycles. The SMILES string of the molecule is Clc1ncc(N2CCOCC2)c(Nc2ccccc2)n1. The van der Waals surface area contributed by atoms with E-state index in [9.17, 15) is 0 Å². The first-order valence-corrected chi connectivity index (χ1v) is 6.88. The van der Waals surface area contributed by atoms with Gasteiger partial charge in [-0.2, -0.15) is 4.98 Å². The highest BCUT2D eigenvalue weighted by atomic mass is 35.5. The van der Waals surface area contributed by atoms with Crippen molar-refractivity contribution in [2.75, 3.05) is 36.5 Å². The van der Waals surface area contributed by atoms with Crippen molar-refractivity contribution in [1.82, 2.24) is 9.97 Å². The number of ether oxygens (including phenoxy) is 1. The van der Waals surface area contributed by atoms with Gasteiger partial charge in [-0.25, -0.2) is 4.98 Å². The summed E-state index contributed by atoms with van der Waals surface area (Å²) >= 11 is 5.92. The van der Waals surface area contributed by atoms with Crippen molar-refractivity contribution in [1.29, 1.82) is 0 Å². The van der Waals surface area contributed by atoms with Gasteiger partial charge in [0.1, 0.15) is 0 Å². The quantitative estimate of drug-likeness (QED) is 0.881. The third kappa shape index (κ3) is 3.00. The highest BCUT2D eigenvalue weighted by Gasteiger charge is 2.17. The van der Waals surface area contributed by atoms with Gasteiger partial charge in [-0.05, 0) is 23.7 Å². The van der Waals surface area contributed by atoms with Gasteiger partial charge < -0.3 is 15.0 Å². The number of benzene rings is 1. The lowest BCUT2D eigenvalue weighted by molar-refractivity contribution is 0.122. The van der Waals surface area contributed by atoms with E-state index < -0.39 is 0 Å². The standard InChI is InChI=1S/C14H15ClN4O/c15-14-16-10-12(19-6-8-20-9-7-19)13(18-14)17-11-4-2-1-3-5-11/h1-5,10H,6-9H2,(H,16,17,18). The number of rotatable bonds is 3. The molecule has 3 rings (SSSR count). The summed E-state index contributed by atoms with van der Waals surface area (Å²) in [4.78, 5) is 10.6. The average molecular weight is 291 g/mol. The van der Waals surface area contributed by atoms with Crippen LogP contribution in [0.3, 0.4) is 0 Å². The molecule has 0 unspecified atom stereocenters. The van der Waals surface area contributed by atoms with Crippen LogP contribution in [0.5, 0.6) is 0 Å². The van der Waals surface area contributed by atoms with E-state index in [2.05, 4.69) is 20.2 Å². The molecule has 0 amide bonds. The highest BCUT2D eigenvalue weighted by molar-refractivity contribution is 6.28. The first-order chi connectivity index (χ1) is 9.83. The van der Waals surface area contributed by atoms with Crippen LogP contribution in [-0.4, -0.2) is 36.3 Å². The Bertz CT molecular complexity index is 573. The van der Waals surface area contributed by atoms with Gasteiger partial charge in [0, 0.05) is 18.8 Å². The van der Waals surface area contributed by atoms with E-state index in [0.29, 0.717) is 13.2 Å². The maximum atomic E-state index is 5.92. The number of morpholine rings is 1. The van der Waals surface area contributed by atoms with Crippen LogP contribution in [0.4, 0.5) is 17.2 Å². The molecule has 1 aliphatic heterocycles. The number of aromatic nitrogens is 2. The minimum atomic E-state index is 0.237. The first-order valence-electron chi connectivity index (χ1n) is 6.50. The fraction of sp³-hybridized carbons (Fsp3) is 0.286. The molecule has 0 atom stereocenters. The van der Waals surface area contributed by atoms with Gasteiger partial charge in [0.25, 0.3) is 0 Å². The molecule has 1 aromatic carbocycles. The van der Waals surface area contributed by atoms with Crippen LogP contribution in [0, 0.1) is 0 Å². The Morgan fingerprint density at radius 1 is 1.15 bits per heavy atom. The van der Waals surface area contributed by atoms with Crippen LogP contribution in [0.1, 0.15) is 0 Å². The minimum absolute atomic E-state index is 0.237. The van der Waals surface area contributed by atoms with Crippen molar-refractivity contribution in [2.24, 2.45) is 0 Å². The van der Waals surface area contributed by atoms with Crippen molar-refractivity contribution in [3.63, 3.8) is 0 Å². The maximum absolute atomic E-state index is 5.92. The highest BCUT2D eigenvalue weighted by Crippen LogP contribution is 2.27. The monoisotopic (exact) mass is 290 g/mol. The Kier molecular flexibility index (Phi) is 3.99. The molecule has 1 aromatic heterocycles. The summed E-state index contributed by atoms with van der Waals surface area (Å²) in [5.74, 6) is 0.720. The Morgan fingerprint density at radius 3 is 2.65 bits per heavy atom. The number of para-hydroxylation sites is 1. The molecule has 1 fully saturated rings. The number of hydrogen-bond donors (Lipinski definition) is 1. The normalized spacial score (nSPS) is 15.2. The fourth-order valence-corrected chi connectivity index (χ4v) is 2.27. The second-order valence-electron chi connectivity index (χ2n) is 4.46. The van der Waals surface area contributed by atoms with Crippen LogP contribution in [-0.2, 0) is 4.74 Å². The van der Waals surface area contributed by atoms with Crippen LogP contribution < -0.4 is 10.2 Å². The molecule has 0 bridgehead atoms. The van der Waals surface area contributed by atoms with Gasteiger partial charge in [-0.1, -0.05) is 18.2 Å². The van der Waals surface area contributed by atoms with Gasteiger partial charge in [0.05, 0.1) is 25.1 Å². The van der Waals surface area contributed by atoms with Crippen LogP contribution in [0.15, 0.2) is 36.5 Å². The third-order valence-corrected chi connectivity index (χ3v) is 3.31. The molecule has 0 radical (unpaired) electrons. The molecule has 1 N–H and O–H groups in total. The largest absolute Gasteiger partial charge is 0.378 e. The summed E-state index contributed by atoms with van der Waals surface area (Å²) in [5, 5.41) is 3.53. The Hall–Kier alpha value is -1.85. The van der Waals surface area contributed by atoms with Crippen molar-refractivity contribution in [3.8, 4) is 0 Å². The zero-order chi connectivity index (χ0) is 13.8. The first kappa shape index (κ1) is 13.1. The number of anilines is 3. The number of nitrogens with one attached hydrogen (secondary N) is 1. The Balaban J connectivity index is 1.89. The van der Waals surface area contributed by atoms with E-state index in [1.165, 1.54) is 0 Å². The van der Waals surface area contributed by atoms with Gasteiger partial charge in [-0.15, -0.1) is 0 Å². The van der Waals surface area contributed by atoms with Crippen LogP contribution >= 0.6 is 11.6 Å². The lowest BCUT2D eigenvalue weighted by Gasteiger charge is -2.29. The van der Waals surface area contributed by atoms with Gasteiger partial charge in [0.15, 0.2) is 5.82 Å². The summed E-state index contributed by atoms with van der Waals surface area (Å²) in [6.45, 7) is 3.09. The molecular formula is C14H15ClN4O. The molecule has 6 heteroatoms. The topological polar surface area (TPSA) is 50.3 Å². The summed E-state index contributed by atoms with van der Waals surface area (Å²) in [6.07, 6.45) is 1.76. The van der Waals surface area contributed by atoms with E-state index >= 15 is 0 Å². The second kappa shape index (κ2) is 6.07.